The van der Waals surface area contributed by atoms with Crippen LogP contribution in [0.4, 0.5) is 0 Å². The number of hydrogen-bond acceptors (Lipinski definition) is 4. The van der Waals surface area contributed by atoms with Crippen LogP contribution in [0.25, 0.3) is 0 Å². The zero-order chi connectivity index (χ0) is 13.0. The van der Waals surface area contributed by atoms with Gasteiger partial charge in [-0.15, -0.1) is 11.3 Å². The van der Waals surface area contributed by atoms with Crippen molar-refractivity contribution in [3.8, 4) is 0 Å². The number of carbonyl (C=O) groups excluding carboxylic acids is 2. The molecule has 18 heavy (non-hydrogen) atoms. The van der Waals surface area contributed by atoms with Crippen molar-refractivity contribution in [2.75, 3.05) is 0 Å². The van der Waals surface area contributed by atoms with Crippen molar-refractivity contribution in [3.05, 3.63) is 58.3 Å². The molecular weight excluding hydrogens is 248 g/mol. The fraction of sp³-hybridized carbons (Fsp3) is 0.143. The van der Waals surface area contributed by atoms with E-state index in [2.05, 4.69) is 0 Å². The molecule has 4 heteroatoms. The van der Waals surface area contributed by atoms with Gasteiger partial charge in [0, 0.05) is 18.3 Å². The number of carbonyl (C=O) groups is 2. The summed E-state index contributed by atoms with van der Waals surface area (Å²) in [5, 5.41) is 12.9. The first-order valence-corrected chi connectivity index (χ1v) is 6.39. The lowest BCUT2D eigenvalue weighted by atomic mass is 9.93. The average molecular weight is 259 g/mol. The fourth-order valence-corrected chi connectivity index (χ4v) is 2.42. The third-order valence-corrected chi connectivity index (χ3v) is 3.58. The molecule has 0 fully saturated rings. The van der Waals surface area contributed by atoms with Crippen LogP contribution in [0.1, 0.15) is 27.6 Å². The van der Waals surface area contributed by atoms with Gasteiger partial charge in [0.1, 0.15) is 0 Å². The number of aliphatic carboxylic acids is 1. The first kappa shape index (κ1) is 12.5. The standard InChI is InChI=1S/C14H12O3S/c15-12(13-7-4-8-18-13)9-11(14(16)17)10-5-2-1-3-6-10/h1-8,11H,9H2,(H,16,17)/p-1/t11-/m0/s1. The Labute approximate surface area is 109 Å². The fourth-order valence-electron chi connectivity index (χ4n) is 1.75. The van der Waals surface area contributed by atoms with Crippen LogP contribution in [0.15, 0.2) is 47.8 Å². The smallest absolute Gasteiger partial charge is 0.173 e. The molecule has 1 heterocycles. The number of carboxylic acids is 1. The van der Waals surface area contributed by atoms with Gasteiger partial charge in [0.05, 0.1) is 4.88 Å². The van der Waals surface area contributed by atoms with Gasteiger partial charge in [0.25, 0.3) is 0 Å². The van der Waals surface area contributed by atoms with E-state index in [1.54, 1.807) is 47.8 Å². The maximum absolute atomic E-state index is 11.9. The van der Waals surface area contributed by atoms with Gasteiger partial charge < -0.3 is 9.90 Å². The van der Waals surface area contributed by atoms with E-state index in [4.69, 9.17) is 0 Å². The molecule has 0 saturated carbocycles. The number of rotatable bonds is 5. The van der Waals surface area contributed by atoms with Crippen molar-refractivity contribution in [2.45, 2.75) is 12.3 Å². The van der Waals surface area contributed by atoms with Gasteiger partial charge in [-0.1, -0.05) is 36.4 Å². The molecule has 1 atom stereocenters. The quantitative estimate of drug-likeness (QED) is 0.770. The predicted octanol–water partition coefficient (Wildman–Crippen LogP) is 1.85. The Hall–Kier alpha value is -1.94. The minimum atomic E-state index is -1.22. The molecule has 2 aromatic rings. The number of carboxylic acid groups (broad SMARTS) is 1. The molecule has 0 radical (unpaired) electrons. The van der Waals surface area contributed by atoms with Gasteiger partial charge in [0.2, 0.25) is 0 Å². The second kappa shape index (κ2) is 5.60. The second-order valence-corrected chi connectivity index (χ2v) is 4.83. The maximum Gasteiger partial charge on any atom is 0.173 e. The Balaban J connectivity index is 2.18. The first-order chi connectivity index (χ1) is 8.68. The largest absolute Gasteiger partial charge is 0.549 e. The average Bonchev–Trinajstić information content (AvgIpc) is 2.90. The van der Waals surface area contributed by atoms with Crippen molar-refractivity contribution >= 4 is 23.1 Å². The summed E-state index contributed by atoms with van der Waals surface area (Å²) in [5.74, 6) is -2.27. The van der Waals surface area contributed by atoms with Gasteiger partial charge >= 0.3 is 0 Å². The highest BCUT2D eigenvalue weighted by Gasteiger charge is 2.18. The zero-order valence-corrected chi connectivity index (χ0v) is 10.4. The van der Waals surface area contributed by atoms with E-state index in [-0.39, 0.29) is 12.2 Å². The van der Waals surface area contributed by atoms with Crippen LogP contribution in [0, 0.1) is 0 Å². The van der Waals surface area contributed by atoms with Gasteiger partial charge in [-0.05, 0) is 17.0 Å². The topological polar surface area (TPSA) is 57.2 Å². The van der Waals surface area contributed by atoms with E-state index in [1.165, 1.54) is 11.3 Å². The molecule has 0 aliphatic rings. The van der Waals surface area contributed by atoms with E-state index in [1.807, 2.05) is 0 Å². The van der Waals surface area contributed by atoms with Crippen LogP contribution in [0.5, 0.6) is 0 Å². The molecule has 3 nitrogen and oxygen atoms in total. The minimum Gasteiger partial charge on any atom is -0.549 e. The minimum absolute atomic E-state index is 0.0626. The molecule has 0 amide bonds. The summed E-state index contributed by atoms with van der Waals surface area (Å²) < 4.78 is 0. The number of thiophene rings is 1. The van der Waals surface area contributed by atoms with Gasteiger partial charge in [-0.25, -0.2) is 0 Å². The molecule has 0 spiro atoms. The molecule has 2 rings (SSSR count). The Bertz CT molecular complexity index is 531. The summed E-state index contributed by atoms with van der Waals surface area (Å²) in [6.07, 6.45) is -0.0626. The van der Waals surface area contributed by atoms with E-state index in [9.17, 15) is 14.7 Å². The van der Waals surface area contributed by atoms with Gasteiger partial charge in [-0.2, -0.15) is 0 Å². The summed E-state index contributed by atoms with van der Waals surface area (Å²) >= 11 is 1.32. The molecule has 0 bridgehead atoms. The van der Waals surface area contributed by atoms with Crippen LogP contribution in [0.2, 0.25) is 0 Å². The number of Topliss-reactive ketones (excluding diaryl/α,β-unsaturated/α-hetero) is 1. The summed E-state index contributed by atoms with van der Waals surface area (Å²) in [7, 11) is 0. The van der Waals surface area contributed by atoms with E-state index < -0.39 is 11.9 Å². The van der Waals surface area contributed by atoms with Crippen molar-refractivity contribution in [1.82, 2.24) is 0 Å². The third kappa shape index (κ3) is 2.84. The highest BCUT2D eigenvalue weighted by atomic mass is 32.1. The first-order valence-electron chi connectivity index (χ1n) is 5.51. The summed E-state index contributed by atoms with van der Waals surface area (Å²) in [6.45, 7) is 0. The normalized spacial score (nSPS) is 12.0. The van der Waals surface area contributed by atoms with Crippen molar-refractivity contribution in [2.24, 2.45) is 0 Å². The Morgan fingerprint density at radius 1 is 1.11 bits per heavy atom. The Morgan fingerprint density at radius 2 is 1.83 bits per heavy atom. The van der Waals surface area contributed by atoms with Crippen LogP contribution in [-0.4, -0.2) is 11.8 Å². The van der Waals surface area contributed by atoms with E-state index in [0.29, 0.717) is 10.4 Å². The number of ketones is 1. The molecule has 1 aromatic carbocycles. The van der Waals surface area contributed by atoms with Crippen molar-refractivity contribution < 1.29 is 14.7 Å². The highest BCUT2D eigenvalue weighted by molar-refractivity contribution is 7.12. The van der Waals surface area contributed by atoms with Crippen molar-refractivity contribution in [3.63, 3.8) is 0 Å². The molecule has 0 aliphatic heterocycles. The molecule has 0 N–H and O–H groups in total. The van der Waals surface area contributed by atoms with Crippen LogP contribution >= 0.6 is 11.3 Å². The lowest BCUT2D eigenvalue weighted by Gasteiger charge is -2.17. The highest BCUT2D eigenvalue weighted by Crippen LogP contribution is 2.22. The molecule has 0 saturated heterocycles. The zero-order valence-electron chi connectivity index (χ0n) is 9.54. The van der Waals surface area contributed by atoms with Gasteiger partial charge in [-0.3, -0.25) is 4.79 Å². The van der Waals surface area contributed by atoms with Crippen molar-refractivity contribution in [1.29, 1.82) is 0 Å². The number of hydrogen-bond donors (Lipinski definition) is 0. The molecule has 0 aliphatic carbocycles. The second-order valence-electron chi connectivity index (χ2n) is 3.89. The lowest BCUT2D eigenvalue weighted by molar-refractivity contribution is -0.307. The molecule has 92 valence electrons. The van der Waals surface area contributed by atoms with Crippen LogP contribution < -0.4 is 5.11 Å². The SMILES string of the molecule is O=C(C[C@H](C(=O)[O-])c1ccccc1)c1cccs1. The Morgan fingerprint density at radius 3 is 2.39 bits per heavy atom. The van der Waals surface area contributed by atoms with E-state index >= 15 is 0 Å². The lowest BCUT2D eigenvalue weighted by Crippen LogP contribution is -2.31. The number of benzene rings is 1. The van der Waals surface area contributed by atoms with Crippen LogP contribution in [-0.2, 0) is 4.79 Å². The summed E-state index contributed by atoms with van der Waals surface area (Å²) in [5.41, 5.74) is 0.599. The molecule has 1 aromatic heterocycles. The van der Waals surface area contributed by atoms with E-state index in [0.717, 1.165) is 0 Å². The predicted molar refractivity (Wildman–Crippen MR) is 67.5 cm³/mol. The summed E-state index contributed by atoms with van der Waals surface area (Å²) in [4.78, 5) is 23.6. The summed E-state index contributed by atoms with van der Waals surface area (Å²) in [6, 6.07) is 12.2. The molecule has 0 unspecified atom stereocenters. The molecular formula is C14H11O3S-. The maximum atomic E-state index is 11.9. The monoisotopic (exact) mass is 259 g/mol. The third-order valence-electron chi connectivity index (χ3n) is 2.67. The van der Waals surface area contributed by atoms with Gasteiger partial charge in [0.15, 0.2) is 5.78 Å². The Kier molecular flexibility index (Phi) is 3.89. The van der Waals surface area contributed by atoms with Crippen LogP contribution in [0.3, 0.4) is 0 Å².